The molecule has 1 aromatic carbocycles. The Morgan fingerprint density at radius 3 is 2.57 bits per heavy atom. The molecule has 21 heavy (non-hydrogen) atoms. The summed E-state index contributed by atoms with van der Waals surface area (Å²) in [6.45, 7) is 4.93. The summed E-state index contributed by atoms with van der Waals surface area (Å²) in [5, 5.41) is 9.66. The monoisotopic (exact) mass is 309 g/mol. The lowest BCUT2D eigenvalue weighted by molar-refractivity contribution is -0.147. The molecule has 0 atom stereocenters. The highest BCUT2D eigenvalue weighted by Gasteiger charge is 2.37. The first-order chi connectivity index (χ1) is 9.78. The molecular formula is C15H16FNO3S. The number of benzene rings is 1. The van der Waals surface area contributed by atoms with Crippen LogP contribution in [0.4, 0.5) is 4.39 Å². The molecule has 6 heteroatoms. The summed E-state index contributed by atoms with van der Waals surface area (Å²) in [5.41, 5.74) is -1.32. The lowest BCUT2D eigenvalue weighted by Gasteiger charge is -2.33. The van der Waals surface area contributed by atoms with Crippen LogP contribution in [-0.4, -0.2) is 34.0 Å². The van der Waals surface area contributed by atoms with Gasteiger partial charge in [-0.2, -0.15) is 0 Å². The molecule has 0 aliphatic rings. The third kappa shape index (κ3) is 2.63. The first-order valence-electron chi connectivity index (χ1n) is 6.52. The van der Waals surface area contributed by atoms with Gasteiger partial charge in [-0.05, 0) is 39.0 Å². The highest BCUT2D eigenvalue weighted by atomic mass is 32.1. The van der Waals surface area contributed by atoms with Crippen LogP contribution < -0.4 is 0 Å². The molecule has 0 bridgehead atoms. The lowest BCUT2D eigenvalue weighted by atomic mass is 10.0. The zero-order valence-corrected chi connectivity index (χ0v) is 12.8. The fourth-order valence-corrected chi connectivity index (χ4v) is 3.20. The summed E-state index contributed by atoms with van der Waals surface area (Å²) in [6.07, 6.45) is 0. The Morgan fingerprint density at radius 1 is 1.38 bits per heavy atom. The Hall–Kier alpha value is -1.95. The number of carbonyl (C=O) groups is 2. The van der Waals surface area contributed by atoms with E-state index in [1.54, 1.807) is 19.1 Å². The molecule has 4 nitrogen and oxygen atoms in total. The first kappa shape index (κ1) is 15.4. The average molecular weight is 309 g/mol. The fourth-order valence-electron chi connectivity index (χ4n) is 2.17. The minimum atomic E-state index is -1.32. The van der Waals surface area contributed by atoms with Crippen LogP contribution in [0.3, 0.4) is 0 Å². The number of thiophene rings is 1. The van der Waals surface area contributed by atoms with Gasteiger partial charge in [0, 0.05) is 16.6 Å². The van der Waals surface area contributed by atoms with Crippen LogP contribution >= 0.6 is 11.3 Å². The zero-order valence-electron chi connectivity index (χ0n) is 12.0. The number of aliphatic carboxylic acids is 1. The summed E-state index contributed by atoms with van der Waals surface area (Å²) in [7, 11) is 0. The Bertz CT molecular complexity index is 708. The number of fused-ring (bicyclic) bond motifs is 1. The van der Waals surface area contributed by atoms with Gasteiger partial charge in [-0.3, -0.25) is 4.79 Å². The van der Waals surface area contributed by atoms with Crippen molar-refractivity contribution < 1.29 is 19.1 Å². The predicted octanol–water partition coefficient (Wildman–Crippen LogP) is 3.37. The average Bonchev–Trinajstić information content (AvgIpc) is 2.84. The molecule has 2 aromatic rings. The van der Waals surface area contributed by atoms with Gasteiger partial charge in [0.2, 0.25) is 0 Å². The normalized spacial score (nSPS) is 11.6. The molecule has 1 amide bonds. The van der Waals surface area contributed by atoms with Gasteiger partial charge in [-0.1, -0.05) is 6.07 Å². The van der Waals surface area contributed by atoms with Gasteiger partial charge in [-0.25, -0.2) is 9.18 Å². The van der Waals surface area contributed by atoms with Crippen molar-refractivity contribution in [3.63, 3.8) is 0 Å². The molecule has 112 valence electrons. The highest BCUT2D eigenvalue weighted by molar-refractivity contribution is 7.20. The second kappa shape index (κ2) is 5.44. The van der Waals surface area contributed by atoms with Crippen molar-refractivity contribution in [1.29, 1.82) is 0 Å². The third-order valence-corrected chi connectivity index (χ3v) is 4.57. The number of likely N-dealkylation sites (N-methyl/N-ethyl adjacent to an activating group) is 1. The van der Waals surface area contributed by atoms with Gasteiger partial charge < -0.3 is 10.0 Å². The highest BCUT2D eigenvalue weighted by Crippen LogP contribution is 2.30. The number of rotatable bonds is 4. The minimum absolute atomic E-state index is 0.259. The van der Waals surface area contributed by atoms with E-state index in [1.807, 2.05) is 0 Å². The van der Waals surface area contributed by atoms with E-state index in [9.17, 15) is 19.1 Å². The standard InChI is InChI=1S/C15H16FNO3S/c1-4-17(15(2,3)14(19)20)13(18)12-8-9-10(16)6-5-7-11(9)21-12/h5-8H,4H2,1-3H3,(H,19,20). The fraction of sp³-hybridized carbons (Fsp3) is 0.333. The Labute approximate surface area is 125 Å². The molecule has 1 aromatic heterocycles. The van der Waals surface area contributed by atoms with Crippen molar-refractivity contribution in [2.24, 2.45) is 0 Å². The summed E-state index contributed by atoms with van der Waals surface area (Å²) >= 11 is 1.17. The van der Waals surface area contributed by atoms with E-state index in [4.69, 9.17) is 0 Å². The molecule has 2 rings (SSSR count). The van der Waals surface area contributed by atoms with Gasteiger partial charge in [0.25, 0.3) is 5.91 Å². The molecule has 0 aliphatic carbocycles. The molecule has 0 saturated heterocycles. The van der Waals surface area contributed by atoms with E-state index >= 15 is 0 Å². The van der Waals surface area contributed by atoms with E-state index in [1.165, 1.54) is 42.2 Å². The Kier molecular flexibility index (Phi) is 4.00. The predicted molar refractivity (Wildman–Crippen MR) is 80.2 cm³/mol. The van der Waals surface area contributed by atoms with Gasteiger partial charge in [0.1, 0.15) is 11.4 Å². The summed E-state index contributed by atoms with van der Waals surface area (Å²) in [4.78, 5) is 25.5. The number of carboxylic acids is 1. The molecule has 0 saturated carbocycles. The molecule has 1 heterocycles. The first-order valence-corrected chi connectivity index (χ1v) is 7.34. The van der Waals surface area contributed by atoms with Crippen molar-refractivity contribution in [2.45, 2.75) is 26.3 Å². The number of amides is 1. The number of halogens is 1. The van der Waals surface area contributed by atoms with E-state index in [0.29, 0.717) is 15.0 Å². The van der Waals surface area contributed by atoms with Crippen molar-refractivity contribution >= 4 is 33.3 Å². The van der Waals surface area contributed by atoms with Crippen molar-refractivity contribution in [1.82, 2.24) is 4.90 Å². The maximum Gasteiger partial charge on any atom is 0.329 e. The van der Waals surface area contributed by atoms with Crippen molar-refractivity contribution in [2.75, 3.05) is 6.54 Å². The maximum absolute atomic E-state index is 13.7. The molecule has 0 fully saturated rings. The molecular weight excluding hydrogens is 293 g/mol. The molecule has 0 unspecified atom stereocenters. The van der Waals surface area contributed by atoms with E-state index in [-0.39, 0.29) is 12.4 Å². The Morgan fingerprint density at radius 2 is 2.05 bits per heavy atom. The lowest BCUT2D eigenvalue weighted by Crippen LogP contribution is -2.52. The second-order valence-electron chi connectivity index (χ2n) is 5.18. The summed E-state index contributed by atoms with van der Waals surface area (Å²) < 4.78 is 14.4. The van der Waals surface area contributed by atoms with Crippen LogP contribution in [-0.2, 0) is 4.79 Å². The topological polar surface area (TPSA) is 57.6 Å². The third-order valence-electron chi connectivity index (χ3n) is 3.48. The number of nitrogens with zero attached hydrogens (tertiary/aromatic N) is 1. The van der Waals surface area contributed by atoms with E-state index in [0.717, 1.165) is 0 Å². The van der Waals surface area contributed by atoms with Crippen molar-refractivity contribution in [3.05, 3.63) is 35.0 Å². The van der Waals surface area contributed by atoms with Crippen LogP contribution in [0.25, 0.3) is 10.1 Å². The SMILES string of the molecule is CCN(C(=O)c1cc2c(F)cccc2s1)C(C)(C)C(=O)O. The van der Waals surface area contributed by atoms with Crippen molar-refractivity contribution in [3.8, 4) is 0 Å². The van der Waals surface area contributed by atoms with Crippen LogP contribution in [0.15, 0.2) is 24.3 Å². The zero-order chi connectivity index (χ0) is 15.8. The largest absolute Gasteiger partial charge is 0.480 e. The van der Waals surface area contributed by atoms with Gasteiger partial charge in [-0.15, -0.1) is 11.3 Å². The number of hydrogen-bond donors (Lipinski definition) is 1. The van der Waals surface area contributed by atoms with E-state index < -0.39 is 17.4 Å². The molecule has 1 N–H and O–H groups in total. The maximum atomic E-state index is 13.7. The molecule has 0 spiro atoms. The van der Waals surface area contributed by atoms with Gasteiger partial charge in [0.15, 0.2) is 0 Å². The number of hydrogen-bond acceptors (Lipinski definition) is 3. The Balaban J connectivity index is 2.45. The molecule has 0 radical (unpaired) electrons. The quantitative estimate of drug-likeness (QED) is 0.942. The van der Waals surface area contributed by atoms with Crippen LogP contribution in [0, 0.1) is 5.82 Å². The summed E-state index contributed by atoms with van der Waals surface area (Å²) in [6, 6.07) is 6.14. The summed E-state index contributed by atoms with van der Waals surface area (Å²) in [5.74, 6) is -1.86. The molecule has 0 aliphatic heterocycles. The number of carbonyl (C=O) groups excluding carboxylic acids is 1. The smallest absolute Gasteiger partial charge is 0.329 e. The van der Waals surface area contributed by atoms with E-state index in [2.05, 4.69) is 0 Å². The number of carboxylic acid groups (broad SMARTS) is 1. The van der Waals surface area contributed by atoms with Crippen LogP contribution in [0.1, 0.15) is 30.4 Å². The van der Waals surface area contributed by atoms with Gasteiger partial charge >= 0.3 is 5.97 Å². The minimum Gasteiger partial charge on any atom is -0.480 e. The second-order valence-corrected chi connectivity index (χ2v) is 6.26. The van der Waals surface area contributed by atoms with Crippen LogP contribution in [0.2, 0.25) is 0 Å². The van der Waals surface area contributed by atoms with Gasteiger partial charge in [0.05, 0.1) is 4.88 Å². The van der Waals surface area contributed by atoms with Crippen LogP contribution in [0.5, 0.6) is 0 Å².